The van der Waals surface area contributed by atoms with Crippen molar-refractivity contribution < 1.29 is 4.79 Å². The van der Waals surface area contributed by atoms with Crippen LogP contribution >= 0.6 is 11.8 Å². The number of aldehydes is 1. The molecular weight excluding hydrogens is 180 g/mol. The summed E-state index contributed by atoms with van der Waals surface area (Å²) in [6.45, 7) is 0. The molecule has 0 aliphatic rings. The third-order valence-corrected chi connectivity index (χ3v) is 2.37. The third-order valence-electron chi connectivity index (χ3n) is 1.49. The van der Waals surface area contributed by atoms with Crippen LogP contribution in [0.25, 0.3) is 0 Å². The molecule has 0 amide bonds. The van der Waals surface area contributed by atoms with Gasteiger partial charge in [0.15, 0.2) is 0 Å². The van der Waals surface area contributed by atoms with Gasteiger partial charge in [-0.25, -0.2) is 0 Å². The summed E-state index contributed by atoms with van der Waals surface area (Å²) in [5, 5.41) is 2.03. The van der Waals surface area contributed by atoms with Crippen LogP contribution in [0.5, 0.6) is 0 Å². The number of carbonyl (C=O) groups excluding carboxylic acids is 1. The number of allylic oxidation sites excluding steroid dienone is 1. The minimum atomic E-state index is 0.617. The van der Waals surface area contributed by atoms with E-state index in [0.29, 0.717) is 6.42 Å². The minimum absolute atomic E-state index is 0.617. The highest BCUT2D eigenvalue weighted by Crippen LogP contribution is 2.18. The van der Waals surface area contributed by atoms with Crippen LogP contribution < -0.4 is 0 Å². The van der Waals surface area contributed by atoms with Crippen LogP contribution in [0.15, 0.2) is 46.7 Å². The van der Waals surface area contributed by atoms with Gasteiger partial charge < -0.3 is 4.79 Å². The van der Waals surface area contributed by atoms with Crippen molar-refractivity contribution in [2.75, 3.05) is 0 Å². The SMILES string of the molecule is O=CCC/C=C/Sc1ccccc1. The highest BCUT2D eigenvalue weighted by Gasteiger charge is 1.85. The largest absolute Gasteiger partial charge is 0.303 e. The number of hydrogen-bond donors (Lipinski definition) is 0. The van der Waals surface area contributed by atoms with Crippen molar-refractivity contribution in [3.63, 3.8) is 0 Å². The standard InChI is InChI=1S/C11H12OS/c12-9-5-2-6-10-13-11-7-3-1-4-8-11/h1,3-4,6-10H,2,5H2/b10-6+. The summed E-state index contributed by atoms with van der Waals surface area (Å²) in [5.74, 6) is 0. The first kappa shape index (κ1) is 10.1. The Labute approximate surface area is 82.9 Å². The molecule has 1 aromatic rings. The average molecular weight is 192 g/mol. The molecule has 0 atom stereocenters. The van der Waals surface area contributed by atoms with E-state index in [4.69, 9.17) is 0 Å². The van der Waals surface area contributed by atoms with Gasteiger partial charge in [0.25, 0.3) is 0 Å². The first-order valence-corrected chi connectivity index (χ1v) is 5.12. The van der Waals surface area contributed by atoms with E-state index in [2.05, 4.69) is 12.1 Å². The summed E-state index contributed by atoms with van der Waals surface area (Å²) in [7, 11) is 0. The molecule has 0 spiro atoms. The Morgan fingerprint density at radius 1 is 1.15 bits per heavy atom. The third kappa shape index (κ3) is 4.53. The van der Waals surface area contributed by atoms with Gasteiger partial charge in [-0.2, -0.15) is 0 Å². The van der Waals surface area contributed by atoms with Crippen molar-refractivity contribution in [3.05, 3.63) is 41.8 Å². The van der Waals surface area contributed by atoms with Gasteiger partial charge in [-0.1, -0.05) is 36.0 Å². The van der Waals surface area contributed by atoms with Crippen molar-refractivity contribution in [2.24, 2.45) is 0 Å². The molecule has 0 N–H and O–H groups in total. The summed E-state index contributed by atoms with van der Waals surface area (Å²) in [4.78, 5) is 11.2. The molecule has 0 aliphatic heterocycles. The lowest BCUT2D eigenvalue weighted by atomic mass is 10.3. The molecular formula is C11H12OS. The molecule has 0 unspecified atom stereocenters. The molecule has 1 rings (SSSR count). The van der Waals surface area contributed by atoms with Gasteiger partial charge in [-0.3, -0.25) is 0 Å². The second kappa shape index (κ2) is 6.49. The lowest BCUT2D eigenvalue weighted by molar-refractivity contribution is -0.107. The Kier molecular flexibility index (Phi) is 5.02. The quantitative estimate of drug-likeness (QED) is 0.404. The van der Waals surface area contributed by atoms with Crippen LogP contribution in [0.2, 0.25) is 0 Å². The minimum Gasteiger partial charge on any atom is -0.303 e. The predicted molar refractivity (Wildman–Crippen MR) is 56.7 cm³/mol. The van der Waals surface area contributed by atoms with E-state index >= 15 is 0 Å². The van der Waals surface area contributed by atoms with Crippen LogP contribution in [-0.4, -0.2) is 6.29 Å². The fraction of sp³-hybridized carbons (Fsp3) is 0.182. The zero-order chi connectivity index (χ0) is 9.36. The van der Waals surface area contributed by atoms with E-state index in [1.165, 1.54) is 4.90 Å². The van der Waals surface area contributed by atoms with E-state index in [1.54, 1.807) is 11.8 Å². The summed E-state index contributed by atoms with van der Waals surface area (Å²) in [6, 6.07) is 10.2. The van der Waals surface area contributed by atoms with Crippen molar-refractivity contribution >= 4 is 18.0 Å². The lowest BCUT2D eigenvalue weighted by Crippen LogP contribution is -1.69. The zero-order valence-corrected chi connectivity index (χ0v) is 8.17. The Morgan fingerprint density at radius 3 is 2.62 bits per heavy atom. The van der Waals surface area contributed by atoms with Crippen LogP contribution in [0, 0.1) is 0 Å². The Bertz CT molecular complexity index is 267. The van der Waals surface area contributed by atoms with Gasteiger partial charge in [-0.15, -0.1) is 0 Å². The summed E-state index contributed by atoms with van der Waals surface area (Å²) in [5.41, 5.74) is 0. The topological polar surface area (TPSA) is 17.1 Å². The van der Waals surface area contributed by atoms with Gasteiger partial charge in [0.1, 0.15) is 6.29 Å². The maximum atomic E-state index is 10.00. The molecule has 0 aliphatic carbocycles. The molecule has 2 heteroatoms. The molecule has 1 aromatic carbocycles. The number of thioether (sulfide) groups is 1. The molecule has 68 valence electrons. The van der Waals surface area contributed by atoms with Gasteiger partial charge in [-0.05, 0) is 24.0 Å². The maximum absolute atomic E-state index is 10.00. The van der Waals surface area contributed by atoms with Crippen LogP contribution in [0.4, 0.5) is 0 Å². The first-order chi connectivity index (χ1) is 6.43. The van der Waals surface area contributed by atoms with Crippen molar-refractivity contribution in [1.82, 2.24) is 0 Å². The van der Waals surface area contributed by atoms with E-state index in [9.17, 15) is 4.79 Å². The van der Waals surface area contributed by atoms with E-state index in [0.717, 1.165) is 12.7 Å². The summed E-state index contributed by atoms with van der Waals surface area (Å²) < 4.78 is 0. The second-order valence-corrected chi connectivity index (χ2v) is 3.53. The second-order valence-electron chi connectivity index (χ2n) is 2.55. The van der Waals surface area contributed by atoms with Crippen LogP contribution in [0.1, 0.15) is 12.8 Å². The molecule has 0 fully saturated rings. The Balaban J connectivity index is 2.26. The van der Waals surface area contributed by atoms with Gasteiger partial charge in [0.2, 0.25) is 0 Å². The Morgan fingerprint density at radius 2 is 1.92 bits per heavy atom. The van der Waals surface area contributed by atoms with E-state index < -0.39 is 0 Å². The number of benzene rings is 1. The van der Waals surface area contributed by atoms with Gasteiger partial charge in [0, 0.05) is 11.3 Å². The highest BCUT2D eigenvalue weighted by molar-refractivity contribution is 8.02. The van der Waals surface area contributed by atoms with E-state index in [1.807, 2.05) is 29.7 Å². The number of hydrogen-bond acceptors (Lipinski definition) is 2. The number of rotatable bonds is 5. The predicted octanol–water partition coefficient (Wildman–Crippen LogP) is 3.27. The zero-order valence-electron chi connectivity index (χ0n) is 7.35. The Hall–Kier alpha value is -1.02. The molecule has 13 heavy (non-hydrogen) atoms. The first-order valence-electron chi connectivity index (χ1n) is 4.24. The van der Waals surface area contributed by atoms with Crippen molar-refractivity contribution in [2.45, 2.75) is 17.7 Å². The maximum Gasteiger partial charge on any atom is 0.120 e. The molecule has 0 saturated carbocycles. The molecule has 1 nitrogen and oxygen atoms in total. The summed E-state index contributed by atoms with van der Waals surface area (Å²) >= 11 is 1.67. The van der Waals surface area contributed by atoms with Crippen molar-refractivity contribution in [1.29, 1.82) is 0 Å². The smallest absolute Gasteiger partial charge is 0.120 e. The molecule has 0 bridgehead atoms. The van der Waals surface area contributed by atoms with Gasteiger partial charge >= 0.3 is 0 Å². The van der Waals surface area contributed by atoms with Crippen LogP contribution in [-0.2, 0) is 4.79 Å². The van der Waals surface area contributed by atoms with Gasteiger partial charge in [0.05, 0.1) is 0 Å². The van der Waals surface area contributed by atoms with Crippen molar-refractivity contribution in [3.8, 4) is 0 Å². The highest BCUT2D eigenvalue weighted by atomic mass is 32.2. The monoisotopic (exact) mass is 192 g/mol. The number of carbonyl (C=O) groups is 1. The molecule has 0 saturated heterocycles. The molecule has 0 aromatic heterocycles. The van der Waals surface area contributed by atoms with Crippen LogP contribution in [0.3, 0.4) is 0 Å². The van der Waals surface area contributed by atoms with E-state index in [-0.39, 0.29) is 0 Å². The average Bonchev–Trinajstić information content (AvgIpc) is 2.19. The molecule has 0 heterocycles. The summed E-state index contributed by atoms with van der Waals surface area (Å²) in [6.07, 6.45) is 4.42. The normalized spacial score (nSPS) is 10.5. The molecule has 0 radical (unpaired) electrons. The number of unbranched alkanes of at least 4 members (excludes halogenated alkanes) is 1. The lowest BCUT2D eigenvalue weighted by Gasteiger charge is -1.92. The fourth-order valence-electron chi connectivity index (χ4n) is 0.858. The fourth-order valence-corrected chi connectivity index (χ4v) is 1.56.